The standard InChI is InChI=1S/C15H25N3O/c1-10(2)5-6-12(4)17-15(19)13-7-8-14(18-16)11(3)9-13/h7-10,12,18H,5-6,16H2,1-4H3,(H,17,19). The Morgan fingerprint density at radius 2 is 1.95 bits per heavy atom. The molecule has 0 heterocycles. The molecule has 1 aromatic rings. The van der Waals surface area contributed by atoms with Gasteiger partial charge in [0.05, 0.1) is 5.69 Å². The zero-order valence-corrected chi connectivity index (χ0v) is 12.3. The van der Waals surface area contributed by atoms with Gasteiger partial charge in [-0.1, -0.05) is 13.8 Å². The summed E-state index contributed by atoms with van der Waals surface area (Å²) in [5, 5.41) is 3.03. The highest BCUT2D eigenvalue weighted by atomic mass is 16.1. The van der Waals surface area contributed by atoms with Crippen molar-refractivity contribution in [3.8, 4) is 0 Å². The van der Waals surface area contributed by atoms with E-state index in [2.05, 4.69) is 24.6 Å². The highest BCUT2D eigenvalue weighted by Gasteiger charge is 2.11. The van der Waals surface area contributed by atoms with E-state index in [9.17, 15) is 4.79 Å². The van der Waals surface area contributed by atoms with Crippen LogP contribution in [0.25, 0.3) is 0 Å². The van der Waals surface area contributed by atoms with Crippen LogP contribution in [0.4, 0.5) is 5.69 Å². The Labute approximate surface area is 115 Å². The van der Waals surface area contributed by atoms with Crippen molar-refractivity contribution in [1.29, 1.82) is 0 Å². The molecule has 4 nitrogen and oxygen atoms in total. The molecule has 0 saturated heterocycles. The fraction of sp³-hybridized carbons (Fsp3) is 0.533. The Hall–Kier alpha value is -1.55. The van der Waals surface area contributed by atoms with Crippen LogP contribution >= 0.6 is 0 Å². The number of nitrogens with one attached hydrogen (secondary N) is 2. The quantitative estimate of drug-likeness (QED) is 0.546. The molecule has 1 unspecified atom stereocenters. The van der Waals surface area contributed by atoms with Crippen LogP contribution in [0.1, 0.15) is 49.5 Å². The first-order chi connectivity index (χ1) is 8.93. The minimum atomic E-state index is -0.0251. The van der Waals surface area contributed by atoms with Gasteiger partial charge in [-0.3, -0.25) is 10.6 Å². The van der Waals surface area contributed by atoms with Crippen LogP contribution in [0.2, 0.25) is 0 Å². The van der Waals surface area contributed by atoms with Crippen LogP contribution in [0.5, 0.6) is 0 Å². The largest absolute Gasteiger partial charge is 0.350 e. The van der Waals surface area contributed by atoms with E-state index in [-0.39, 0.29) is 11.9 Å². The predicted octanol–water partition coefficient (Wildman–Crippen LogP) is 2.84. The maximum absolute atomic E-state index is 12.1. The maximum atomic E-state index is 12.1. The molecule has 0 spiro atoms. The first kappa shape index (κ1) is 15.5. The van der Waals surface area contributed by atoms with E-state index in [1.807, 2.05) is 26.0 Å². The molecule has 4 N–H and O–H groups in total. The molecule has 0 fully saturated rings. The van der Waals surface area contributed by atoms with Gasteiger partial charge in [-0.2, -0.15) is 0 Å². The fourth-order valence-corrected chi connectivity index (χ4v) is 1.93. The second kappa shape index (κ2) is 7.14. The number of rotatable bonds is 6. The molecule has 0 aliphatic carbocycles. The van der Waals surface area contributed by atoms with Crippen molar-refractivity contribution in [2.45, 2.75) is 46.6 Å². The van der Waals surface area contributed by atoms with Crippen LogP contribution < -0.4 is 16.6 Å². The summed E-state index contributed by atoms with van der Waals surface area (Å²) in [7, 11) is 0. The summed E-state index contributed by atoms with van der Waals surface area (Å²) in [5.74, 6) is 6.01. The monoisotopic (exact) mass is 263 g/mol. The number of amides is 1. The Morgan fingerprint density at radius 1 is 1.26 bits per heavy atom. The number of anilines is 1. The van der Waals surface area contributed by atoms with Crippen LogP contribution in [0.15, 0.2) is 18.2 Å². The predicted molar refractivity (Wildman–Crippen MR) is 80.0 cm³/mol. The number of hydrazine groups is 1. The summed E-state index contributed by atoms with van der Waals surface area (Å²) in [6, 6.07) is 5.65. The lowest BCUT2D eigenvalue weighted by Crippen LogP contribution is -2.32. The summed E-state index contributed by atoms with van der Waals surface area (Å²) >= 11 is 0. The average Bonchev–Trinajstić information content (AvgIpc) is 2.36. The van der Waals surface area contributed by atoms with Gasteiger partial charge in [0.2, 0.25) is 0 Å². The van der Waals surface area contributed by atoms with E-state index >= 15 is 0 Å². The van der Waals surface area contributed by atoms with Gasteiger partial charge in [0.1, 0.15) is 0 Å². The minimum absolute atomic E-state index is 0.0251. The topological polar surface area (TPSA) is 67.2 Å². The van der Waals surface area contributed by atoms with Gasteiger partial charge < -0.3 is 10.7 Å². The van der Waals surface area contributed by atoms with Gasteiger partial charge >= 0.3 is 0 Å². The lowest BCUT2D eigenvalue weighted by Gasteiger charge is -2.15. The summed E-state index contributed by atoms with van der Waals surface area (Å²) in [4.78, 5) is 12.1. The van der Waals surface area contributed by atoms with E-state index in [1.165, 1.54) is 0 Å². The molecule has 1 atom stereocenters. The smallest absolute Gasteiger partial charge is 0.251 e. The highest BCUT2D eigenvalue weighted by molar-refractivity contribution is 5.95. The number of benzene rings is 1. The number of hydrogen-bond donors (Lipinski definition) is 3. The molecule has 19 heavy (non-hydrogen) atoms. The van der Waals surface area contributed by atoms with E-state index in [0.717, 1.165) is 24.1 Å². The van der Waals surface area contributed by atoms with Crippen LogP contribution in [-0.2, 0) is 0 Å². The molecular weight excluding hydrogens is 238 g/mol. The number of nitrogens with two attached hydrogens (primary N) is 1. The molecule has 0 saturated carbocycles. The third-order valence-electron chi connectivity index (χ3n) is 3.20. The molecule has 0 radical (unpaired) electrons. The summed E-state index contributed by atoms with van der Waals surface area (Å²) in [6.07, 6.45) is 2.13. The number of aryl methyl sites for hydroxylation is 1. The molecule has 106 valence electrons. The van der Waals surface area contributed by atoms with Gasteiger partial charge in [-0.15, -0.1) is 0 Å². The van der Waals surface area contributed by atoms with Crippen LogP contribution in [0.3, 0.4) is 0 Å². The number of nitrogen functional groups attached to an aromatic ring is 1. The van der Waals surface area contributed by atoms with Gasteiger partial charge in [0.25, 0.3) is 5.91 Å². The van der Waals surface area contributed by atoms with Crippen LogP contribution in [-0.4, -0.2) is 11.9 Å². The van der Waals surface area contributed by atoms with E-state index in [1.54, 1.807) is 6.07 Å². The van der Waals surface area contributed by atoms with Gasteiger partial charge in [-0.25, -0.2) is 0 Å². The molecule has 0 aromatic heterocycles. The van der Waals surface area contributed by atoms with E-state index < -0.39 is 0 Å². The third kappa shape index (κ3) is 4.91. The molecule has 4 heteroatoms. The van der Waals surface area contributed by atoms with Crippen molar-refractivity contribution in [3.63, 3.8) is 0 Å². The normalized spacial score (nSPS) is 12.3. The van der Waals surface area contributed by atoms with Crippen molar-refractivity contribution in [3.05, 3.63) is 29.3 Å². The van der Waals surface area contributed by atoms with Gasteiger partial charge in [0, 0.05) is 11.6 Å². The number of carbonyl (C=O) groups excluding carboxylic acids is 1. The first-order valence-corrected chi connectivity index (χ1v) is 6.82. The van der Waals surface area contributed by atoms with Crippen molar-refractivity contribution in [2.24, 2.45) is 11.8 Å². The molecule has 0 aliphatic rings. The van der Waals surface area contributed by atoms with Crippen molar-refractivity contribution < 1.29 is 4.79 Å². The van der Waals surface area contributed by atoms with Crippen molar-refractivity contribution >= 4 is 11.6 Å². The maximum Gasteiger partial charge on any atom is 0.251 e. The zero-order chi connectivity index (χ0) is 14.4. The lowest BCUT2D eigenvalue weighted by atomic mass is 10.0. The highest BCUT2D eigenvalue weighted by Crippen LogP contribution is 2.15. The Kier molecular flexibility index (Phi) is 5.83. The van der Waals surface area contributed by atoms with Gasteiger partial charge in [0.15, 0.2) is 0 Å². The van der Waals surface area contributed by atoms with E-state index in [0.29, 0.717) is 11.5 Å². The third-order valence-corrected chi connectivity index (χ3v) is 3.20. The number of carbonyl (C=O) groups is 1. The molecule has 1 aromatic carbocycles. The second-order valence-corrected chi connectivity index (χ2v) is 5.52. The summed E-state index contributed by atoms with van der Waals surface area (Å²) < 4.78 is 0. The SMILES string of the molecule is Cc1cc(C(=O)NC(C)CCC(C)C)ccc1NN. The number of hydrogen-bond acceptors (Lipinski definition) is 3. The lowest BCUT2D eigenvalue weighted by molar-refractivity contribution is 0.0937. The minimum Gasteiger partial charge on any atom is -0.350 e. The zero-order valence-electron chi connectivity index (χ0n) is 12.3. The molecule has 0 bridgehead atoms. The fourth-order valence-electron chi connectivity index (χ4n) is 1.93. The van der Waals surface area contributed by atoms with Crippen LogP contribution in [0, 0.1) is 12.8 Å². The molecular formula is C15H25N3O. The molecule has 1 rings (SSSR count). The summed E-state index contributed by atoms with van der Waals surface area (Å²) in [6.45, 7) is 8.35. The Morgan fingerprint density at radius 3 is 2.47 bits per heavy atom. The molecule has 1 amide bonds. The van der Waals surface area contributed by atoms with E-state index in [4.69, 9.17) is 5.84 Å². The summed E-state index contributed by atoms with van der Waals surface area (Å²) in [5.41, 5.74) is 5.08. The second-order valence-electron chi connectivity index (χ2n) is 5.52. The van der Waals surface area contributed by atoms with Crippen molar-refractivity contribution in [1.82, 2.24) is 5.32 Å². The van der Waals surface area contributed by atoms with Crippen molar-refractivity contribution in [2.75, 3.05) is 5.43 Å². The Balaban J connectivity index is 2.60. The Bertz CT molecular complexity index is 429. The molecule has 0 aliphatic heterocycles. The average molecular weight is 263 g/mol. The first-order valence-electron chi connectivity index (χ1n) is 6.82. The van der Waals surface area contributed by atoms with Gasteiger partial charge in [-0.05, 0) is 56.4 Å².